The number of carbonyl (C=O) groups is 1. The standard InChI is InChI=1S/C19H18ClF3N2O2/c20-14-9-12(21)3-4-17(14)27-8-5-18(26)24-13-10-15(22)19(16(23)11-13)25-6-1-2-7-25/h3-4,9-11H,1-2,5-8H2,(H,24,26). The lowest BCUT2D eigenvalue weighted by Crippen LogP contribution is -2.21. The van der Waals surface area contributed by atoms with Crippen LogP contribution in [0, 0.1) is 17.5 Å². The molecule has 0 aliphatic carbocycles. The second-order valence-electron chi connectivity index (χ2n) is 6.20. The van der Waals surface area contributed by atoms with Gasteiger partial charge in [0.05, 0.1) is 18.1 Å². The number of ether oxygens (including phenoxy) is 1. The molecule has 0 aromatic heterocycles. The number of benzene rings is 2. The van der Waals surface area contributed by atoms with Crippen LogP contribution in [-0.2, 0) is 4.79 Å². The Morgan fingerprint density at radius 1 is 1.11 bits per heavy atom. The van der Waals surface area contributed by atoms with Crippen LogP contribution in [0.4, 0.5) is 24.5 Å². The van der Waals surface area contributed by atoms with E-state index in [0.29, 0.717) is 13.1 Å². The van der Waals surface area contributed by atoms with Crippen molar-refractivity contribution in [3.05, 3.63) is 52.8 Å². The zero-order chi connectivity index (χ0) is 19.4. The van der Waals surface area contributed by atoms with E-state index in [4.69, 9.17) is 16.3 Å². The predicted octanol–water partition coefficient (Wildman–Crippen LogP) is 4.77. The van der Waals surface area contributed by atoms with Crippen LogP contribution in [0.5, 0.6) is 5.75 Å². The number of hydrogen-bond acceptors (Lipinski definition) is 3. The molecule has 2 aromatic carbocycles. The highest BCUT2D eigenvalue weighted by Crippen LogP contribution is 2.30. The smallest absolute Gasteiger partial charge is 0.227 e. The molecule has 1 aliphatic rings. The first-order valence-electron chi connectivity index (χ1n) is 8.56. The van der Waals surface area contributed by atoms with E-state index in [1.54, 1.807) is 4.90 Å². The maximum absolute atomic E-state index is 14.3. The third-order valence-electron chi connectivity index (χ3n) is 4.20. The third kappa shape index (κ3) is 4.86. The fraction of sp³-hybridized carbons (Fsp3) is 0.316. The minimum absolute atomic E-state index is 0.0198. The normalized spacial score (nSPS) is 13.7. The van der Waals surface area contributed by atoms with E-state index in [-0.39, 0.29) is 35.2 Å². The van der Waals surface area contributed by atoms with Gasteiger partial charge in [0.25, 0.3) is 0 Å². The van der Waals surface area contributed by atoms with Gasteiger partial charge in [-0.05, 0) is 43.2 Å². The highest BCUT2D eigenvalue weighted by molar-refractivity contribution is 6.32. The summed E-state index contributed by atoms with van der Waals surface area (Å²) in [7, 11) is 0. The summed E-state index contributed by atoms with van der Waals surface area (Å²) in [6, 6.07) is 5.86. The maximum atomic E-state index is 14.3. The minimum atomic E-state index is -0.707. The van der Waals surface area contributed by atoms with E-state index in [9.17, 15) is 18.0 Å². The average Bonchev–Trinajstić information content (AvgIpc) is 3.10. The van der Waals surface area contributed by atoms with Crippen molar-refractivity contribution in [2.75, 3.05) is 29.9 Å². The van der Waals surface area contributed by atoms with Gasteiger partial charge in [-0.1, -0.05) is 11.6 Å². The summed E-state index contributed by atoms with van der Waals surface area (Å²) in [5, 5.41) is 2.54. The molecule has 1 N–H and O–H groups in total. The van der Waals surface area contributed by atoms with Crippen LogP contribution in [0.2, 0.25) is 5.02 Å². The topological polar surface area (TPSA) is 41.6 Å². The van der Waals surface area contributed by atoms with Gasteiger partial charge in [0.2, 0.25) is 5.91 Å². The van der Waals surface area contributed by atoms with E-state index in [1.165, 1.54) is 12.1 Å². The number of nitrogens with zero attached hydrogens (tertiary/aromatic N) is 1. The first kappa shape index (κ1) is 19.4. The first-order chi connectivity index (χ1) is 12.9. The maximum Gasteiger partial charge on any atom is 0.227 e. The van der Waals surface area contributed by atoms with Crippen molar-refractivity contribution in [3.63, 3.8) is 0 Å². The Morgan fingerprint density at radius 2 is 1.78 bits per heavy atom. The molecular weight excluding hydrogens is 381 g/mol. The first-order valence-corrected chi connectivity index (χ1v) is 8.93. The van der Waals surface area contributed by atoms with Gasteiger partial charge < -0.3 is 15.0 Å². The quantitative estimate of drug-likeness (QED) is 0.762. The number of rotatable bonds is 6. The van der Waals surface area contributed by atoms with Crippen molar-refractivity contribution in [1.82, 2.24) is 0 Å². The van der Waals surface area contributed by atoms with Crippen LogP contribution in [0.1, 0.15) is 19.3 Å². The monoisotopic (exact) mass is 398 g/mol. The Morgan fingerprint density at radius 3 is 2.41 bits per heavy atom. The number of halogens is 4. The van der Waals surface area contributed by atoms with E-state index in [0.717, 1.165) is 31.0 Å². The summed E-state index contributed by atoms with van der Waals surface area (Å²) in [5.74, 6) is -2.13. The van der Waals surface area contributed by atoms with Gasteiger partial charge in [-0.2, -0.15) is 0 Å². The average molecular weight is 399 g/mol. The van der Waals surface area contributed by atoms with Gasteiger partial charge in [-0.15, -0.1) is 0 Å². The van der Waals surface area contributed by atoms with Crippen LogP contribution in [-0.4, -0.2) is 25.6 Å². The zero-order valence-corrected chi connectivity index (χ0v) is 15.2. The molecule has 1 amide bonds. The highest BCUT2D eigenvalue weighted by Gasteiger charge is 2.21. The lowest BCUT2D eigenvalue weighted by molar-refractivity contribution is -0.116. The molecule has 8 heteroatoms. The molecule has 0 saturated carbocycles. The van der Waals surface area contributed by atoms with Crippen LogP contribution in [0.25, 0.3) is 0 Å². The van der Waals surface area contributed by atoms with E-state index in [1.807, 2.05) is 0 Å². The number of hydrogen-bond donors (Lipinski definition) is 1. The van der Waals surface area contributed by atoms with Crippen molar-refractivity contribution in [3.8, 4) is 5.75 Å². The lowest BCUT2D eigenvalue weighted by Gasteiger charge is -2.19. The van der Waals surface area contributed by atoms with Crippen molar-refractivity contribution < 1.29 is 22.7 Å². The molecule has 3 rings (SSSR count). The fourth-order valence-corrected chi connectivity index (χ4v) is 3.17. The molecule has 1 heterocycles. The zero-order valence-electron chi connectivity index (χ0n) is 14.4. The molecule has 27 heavy (non-hydrogen) atoms. The molecule has 1 fully saturated rings. The number of amides is 1. The summed E-state index contributed by atoms with van der Waals surface area (Å²) in [6.07, 6.45) is 1.73. The molecule has 0 radical (unpaired) electrons. The molecular formula is C19H18ClF3N2O2. The molecule has 144 valence electrons. The van der Waals surface area contributed by atoms with Crippen molar-refractivity contribution in [2.24, 2.45) is 0 Å². The number of carbonyl (C=O) groups excluding carboxylic acids is 1. The summed E-state index contributed by atoms with van der Waals surface area (Å²) < 4.78 is 46.8. The molecule has 0 spiro atoms. The summed E-state index contributed by atoms with van der Waals surface area (Å²) >= 11 is 5.83. The molecule has 0 atom stereocenters. The van der Waals surface area contributed by atoms with Crippen molar-refractivity contribution in [1.29, 1.82) is 0 Å². The van der Waals surface area contributed by atoms with Gasteiger partial charge in [0.1, 0.15) is 17.3 Å². The van der Waals surface area contributed by atoms with E-state index in [2.05, 4.69) is 5.32 Å². The summed E-state index contributed by atoms with van der Waals surface area (Å²) in [6.45, 7) is 1.21. The highest BCUT2D eigenvalue weighted by atomic mass is 35.5. The number of nitrogens with one attached hydrogen (secondary N) is 1. The van der Waals surface area contributed by atoms with Crippen LogP contribution < -0.4 is 15.0 Å². The molecule has 0 unspecified atom stereocenters. The third-order valence-corrected chi connectivity index (χ3v) is 4.50. The van der Waals surface area contributed by atoms with E-state index < -0.39 is 23.4 Å². The Bertz CT molecular complexity index is 819. The molecule has 1 saturated heterocycles. The molecule has 4 nitrogen and oxygen atoms in total. The van der Waals surface area contributed by atoms with Crippen LogP contribution >= 0.6 is 11.6 Å². The molecule has 0 bridgehead atoms. The summed E-state index contributed by atoms with van der Waals surface area (Å²) in [5.41, 5.74) is -0.0162. The predicted molar refractivity (Wildman–Crippen MR) is 98.0 cm³/mol. The van der Waals surface area contributed by atoms with Gasteiger partial charge >= 0.3 is 0 Å². The summed E-state index contributed by atoms with van der Waals surface area (Å²) in [4.78, 5) is 13.6. The second-order valence-corrected chi connectivity index (χ2v) is 6.61. The molecule has 2 aromatic rings. The lowest BCUT2D eigenvalue weighted by atomic mass is 10.2. The Balaban J connectivity index is 1.56. The Kier molecular flexibility index (Phi) is 6.11. The van der Waals surface area contributed by atoms with E-state index >= 15 is 0 Å². The fourth-order valence-electron chi connectivity index (χ4n) is 2.95. The van der Waals surface area contributed by atoms with Gasteiger partial charge in [0, 0.05) is 18.8 Å². The van der Waals surface area contributed by atoms with Gasteiger partial charge in [-0.3, -0.25) is 4.79 Å². The van der Waals surface area contributed by atoms with Gasteiger partial charge in [-0.25, -0.2) is 13.2 Å². The molecule has 1 aliphatic heterocycles. The SMILES string of the molecule is O=C(CCOc1ccc(F)cc1Cl)Nc1cc(F)c(N2CCCC2)c(F)c1. The Hall–Kier alpha value is -2.41. The van der Waals surface area contributed by atoms with Crippen LogP contribution in [0.15, 0.2) is 30.3 Å². The van der Waals surface area contributed by atoms with Crippen molar-refractivity contribution >= 4 is 28.9 Å². The number of anilines is 2. The largest absolute Gasteiger partial charge is 0.491 e. The van der Waals surface area contributed by atoms with Gasteiger partial charge in [0.15, 0.2) is 11.6 Å². The van der Waals surface area contributed by atoms with Crippen molar-refractivity contribution in [2.45, 2.75) is 19.3 Å². The van der Waals surface area contributed by atoms with Crippen LogP contribution in [0.3, 0.4) is 0 Å². The Labute approximate surface area is 159 Å². The minimum Gasteiger partial charge on any atom is -0.491 e. The second kappa shape index (κ2) is 8.52.